The van der Waals surface area contributed by atoms with Crippen LogP contribution in [0.15, 0.2) is 40.9 Å². The van der Waals surface area contributed by atoms with E-state index >= 15 is 0 Å². The average Bonchev–Trinajstić information content (AvgIpc) is 2.46. The van der Waals surface area contributed by atoms with Gasteiger partial charge in [-0.25, -0.2) is 4.79 Å². The first-order chi connectivity index (χ1) is 10.7. The van der Waals surface area contributed by atoms with Crippen molar-refractivity contribution in [3.8, 4) is 0 Å². The molecule has 1 aromatic carbocycles. The fourth-order valence-electron chi connectivity index (χ4n) is 3.20. The van der Waals surface area contributed by atoms with E-state index in [4.69, 9.17) is 4.74 Å². The zero-order valence-electron chi connectivity index (χ0n) is 14.4. The summed E-state index contributed by atoms with van der Waals surface area (Å²) in [6.07, 6.45) is 1.35. The minimum absolute atomic E-state index is 0.00518. The zero-order chi connectivity index (χ0) is 17.2. The molecule has 1 aliphatic heterocycles. The Bertz CT molecular complexity index is 582. The summed E-state index contributed by atoms with van der Waals surface area (Å²) in [6.45, 7) is 13.0. The molecule has 0 N–H and O–H groups in total. The van der Waals surface area contributed by atoms with E-state index in [0.29, 0.717) is 6.54 Å². The molecule has 0 bridgehead atoms. The maximum atomic E-state index is 12.6. The molecule has 0 aliphatic carbocycles. The number of hydrogen-bond donors (Lipinski definition) is 0. The van der Waals surface area contributed by atoms with Crippen molar-refractivity contribution in [2.75, 3.05) is 6.54 Å². The SMILES string of the molecule is C=C(C)C[C@@]1(C(C)C)CCN(C(C)c2ccc(Br)cc2)C(=O)O1. The molecule has 1 fully saturated rings. The van der Waals surface area contributed by atoms with Gasteiger partial charge in [0.25, 0.3) is 0 Å². The second kappa shape index (κ2) is 7.08. The molecule has 1 amide bonds. The summed E-state index contributed by atoms with van der Waals surface area (Å²) in [5.74, 6) is 0.272. The molecule has 0 saturated carbocycles. The average molecular weight is 380 g/mol. The first-order valence-corrected chi connectivity index (χ1v) is 8.94. The summed E-state index contributed by atoms with van der Waals surface area (Å²) in [5, 5.41) is 0. The molecule has 0 spiro atoms. The van der Waals surface area contributed by atoms with Crippen molar-refractivity contribution >= 4 is 22.0 Å². The van der Waals surface area contributed by atoms with Gasteiger partial charge in [-0.3, -0.25) is 0 Å². The van der Waals surface area contributed by atoms with Crippen LogP contribution in [0.1, 0.15) is 52.1 Å². The minimum Gasteiger partial charge on any atom is -0.442 e. The number of amides is 1. The van der Waals surface area contributed by atoms with Gasteiger partial charge in [-0.15, -0.1) is 0 Å². The molecule has 126 valence electrons. The van der Waals surface area contributed by atoms with Crippen LogP contribution < -0.4 is 0 Å². The maximum absolute atomic E-state index is 12.6. The van der Waals surface area contributed by atoms with Crippen LogP contribution in [0.2, 0.25) is 0 Å². The Morgan fingerprint density at radius 1 is 1.35 bits per heavy atom. The van der Waals surface area contributed by atoms with Gasteiger partial charge in [0.1, 0.15) is 5.60 Å². The van der Waals surface area contributed by atoms with Crippen molar-refractivity contribution in [3.05, 3.63) is 46.5 Å². The van der Waals surface area contributed by atoms with Gasteiger partial charge in [-0.05, 0) is 37.5 Å². The van der Waals surface area contributed by atoms with Gasteiger partial charge < -0.3 is 9.64 Å². The van der Waals surface area contributed by atoms with E-state index < -0.39 is 5.60 Å². The van der Waals surface area contributed by atoms with Crippen LogP contribution in [0.4, 0.5) is 4.79 Å². The third-order valence-corrected chi connectivity index (χ3v) is 5.30. The molecular formula is C19H26BrNO2. The van der Waals surface area contributed by atoms with Gasteiger partial charge in [0.05, 0.1) is 6.04 Å². The van der Waals surface area contributed by atoms with Crippen LogP contribution in [0.5, 0.6) is 0 Å². The summed E-state index contributed by atoms with van der Waals surface area (Å²) in [5.41, 5.74) is 1.75. The first-order valence-electron chi connectivity index (χ1n) is 8.14. The van der Waals surface area contributed by atoms with Gasteiger partial charge in [-0.2, -0.15) is 0 Å². The Kier molecular flexibility index (Phi) is 5.56. The predicted molar refractivity (Wildman–Crippen MR) is 97.4 cm³/mol. The van der Waals surface area contributed by atoms with Crippen molar-refractivity contribution in [1.29, 1.82) is 0 Å². The summed E-state index contributed by atoms with van der Waals surface area (Å²) < 4.78 is 6.98. The van der Waals surface area contributed by atoms with Crippen LogP contribution >= 0.6 is 15.9 Å². The van der Waals surface area contributed by atoms with E-state index in [9.17, 15) is 4.79 Å². The van der Waals surface area contributed by atoms with Crippen LogP contribution in [0, 0.1) is 5.92 Å². The molecule has 0 radical (unpaired) electrons. The van der Waals surface area contributed by atoms with E-state index in [0.717, 1.165) is 28.5 Å². The van der Waals surface area contributed by atoms with Crippen molar-refractivity contribution < 1.29 is 9.53 Å². The standard InChI is InChI=1S/C19H26BrNO2/c1-13(2)12-19(14(3)4)10-11-21(18(22)23-19)15(5)16-6-8-17(20)9-7-16/h6-9,14-15H,1,10-12H2,2-5H3/t15?,19-/m1/s1. The Balaban J connectivity index is 2.15. The van der Waals surface area contributed by atoms with Crippen molar-refractivity contribution in [2.24, 2.45) is 5.92 Å². The fraction of sp³-hybridized carbons (Fsp3) is 0.526. The lowest BCUT2D eigenvalue weighted by atomic mass is 9.80. The topological polar surface area (TPSA) is 29.5 Å². The van der Waals surface area contributed by atoms with Crippen molar-refractivity contribution in [1.82, 2.24) is 4.90 Å². The van der Waals surface area contributed by atoms with Crippen LogP contribution in [-0.2, 0) is 4.74 Å². The molecular weight excluding hydrogens is 354 g/mol. The summed E-state index contributed by atoms with van der Waals surface area (Å²) in [7, 11) is 0. The van der Waals surface area contributed by atoms with Crippen LogP contribution in [0.25, 0.3) is 0 Å². The predicted octanol–water partition coefficient (Wildman–Crippen LogP) is 5.71. The second-order valence-electron chi connectivity index (χ2n) is 6.89. The number of cyclic esters (lactones) is 1. The van der Waals surface area contributed by atoms with Gasteiger partial charge >= 0.3 is 6.09 Å². The second-order valence-corrected chi connectivity index (χ2v) is 7.81. The Labute approximate surface area is 147 Å². The monoisotopic (exact) mass is 379 g/mol. The quantitative estimate of drug-likeness (QED) is 0.612. The van der Waals surface area contributed by atoms with E-state index in [-0.39, 0.29) is 18.1 Å². The molecule has 1 aliphatic rings. The Hall–Kier alpha value is -1.29. The smallest absolute Gasteiger partial charge is 0.410 e. The molecule has 2 rings (SSSR count). The number of ether oxygens (including phenoxy) is 1. The van der Waals surface area contributed by atoms with Gasteiger partial charge in [0.2, 0.25) is 0 Å². The number of carbonyl (C=O) groups is 1. The molecule has 0 aromatic heterocycles. The number of nitrogens with zero attached hydrogens (tertiary/aromatic N) is 1. The van der Waals surface area contributed by atoms with Crippen LogP contribution in [-0.4, -0.2) is 23.1 Å². The summed E-state index contributed by atoms with van der Waals surface area (Å²) >= 11 is 3.44. The van der Waals surface area contributed by atoms with E-state index in [1.54, 1.807) is 0 Å². The molecule has 3 nitrogen and oxygen atoms in total. The molecule has 23 heavy (non-hydrogen) atoms. The molecule has 2 atom stereocenters. The van der Waals surface area contributed by atoms with Crippen molar-refractivity contribution in [2.45, 2.75) is 52.2 Å². The van der Waals surface area contributed by atoms with E-state index in [1.165, 1.54) is 0 Å². The third-order valence-electron chi connectivity index (χ3n) is 4.77. The van der Waals surface area contributed by atoms with Gasteiger partial charge in [0.15, 0.2) is 0 Å². The van der Waals surface area contributed by atoms with Gasteiger partial charge in [0, 0.05) is 23.9 Å². The Morgan fingerprint density at radius 2 is 1.96 bits per heavy atom. The zero-order valence-corrected chi connectivity index (χ0v) is 16.0. The van der Waals surface area contributed by atoms with Crippen molar-refractivity contribution in [3.63, 3.8) is 0 Å². The Morgan fingerprint density at radius 3 is 2.43 bits per heavy atom. The number of halogens is 1. The highest BCUT2D eigenvalue weighted by atomic mass is 79.9. The highest BCUT2D eigenvalue weighted by Gasteiger charge is 2.44. The number of rotatable bonds is 5. The minimum atomic E-state index is -0.418. The summed E-state index contributed by atoms with van der Waals surface area (Å²) in [6, 6.07) is 8.09. The number of hydrogen-bond acceptors (Lipinski definition) is 2. The lowest BCUT2D eigenvalue weighted by molar-refractivity contribution is -0.0819. The first kappa shape index (κ1) is 18.1. The normalized spacial score (nSPS) is 22.9. The third kappa shape index (κ3) is 3.97. The fourth-order valence-corrected chi connectivity index (χ4v) is 3.47. The molecule has 4 heteroatoms. The molecule has 1 saturated heterocycles. The van der Waals surface area contributed by atoms with Gasteiger partial charge in [-0.1, -0.05) is 54.1 Å². The highest BCUT2D eigenvalue weighted by Crippen LogP contribution is 2.38. The van der Waals surface area contributed by atoms with E-state index in [1.807, 2.05) is 43.0 Å². The number of benzene rings is 1. The lowest BCUT2D eigenvalue weighted by Gasteiger charge is -2.45. The largest absolute Gasteiger partial charge is 0.442 e. The molecule has 1 unspecified atom stereocenters. The van der Waals surface area contributed by atoms with E-state index in [2.05, 4.69) is 36.4 Å². The lowest BCUT2D eigenvalue weighted by Crippen LogP contribution is -2.52. The summed E-state index contributed by atoms with van der Waals surface area (Å²) in [4.78, 5) is 14.5. The molecule has 1 aromatic rings. The molecule has 1 heterocycles. The van der Waals surface area contributed by atoms with Crippen LogP contribution in [0.3, 0.4) is 0 Å². The maximum Gasteiger partial charge on any atom is 0.410 e. The highest BCUT2D eigenvalue weighted by molar-refractivity contribution is 9.10. The number of carbonyl (C=O) groups excluding carboxylic acids is 1.